The molecule has 0 aliphatic rings. The number of aromatic nitrogens is 2. The number of aromatic amines is 1. The molecule has 24 heavy (non-hydrogen) atoms. The third-order valence-electron chi connectivity index (χ3n) is 3.54. The van der Waals surface area contributed by atoms with Gasteiger partial charge in [0.25, 0.3) is 5.56 Å². The van der Waals surface area contributed by atoms with Crippen molar-refractivity contribution in [2.75, 3.05) is 12.4 Å². The molecule has 3 aromatic rings. The van der Waals surface area contributed by atoms with E-state index in [0.717, 1.165) is 5.56 Å². The number of nitrogens with zero attached hydrogens (tertiary/aromatic N) is 1. The van der Waals surface area contributed by atoms with E-state index in [1.54, 1.807) is 32.2 Å². The summed E-state index contributed by atoms with van der Waals surface area (Å²) in [5.41, 5.74) is 1.99. The van der Waals surface area contributed by atoms with Crippen LogP contribution in [0.5, 0.6) is 5.75 Å². The zero-order chi connectivity index (χ0) is 17.1. The summed E-state index contributed by atoms with van der Waals surface area (Å²) in [5.74, 6) is 0.583. The molecule has 6 heteroatoms. The molecule has 0 fully saturated rings. The number of nitrogens with one attached hydrogen (secondary N) is 2. The van der Waals surface area contributed by atoms with Crippen molar-refractivity contribution in [1.29, 1.82) is 0 Å². The molecule has 1 aromatic heterocycles. The van der Waals surface area contributed by atoms with E-state index < -0.39 is 0 Å². The third-order valence-corrected chi connectivity index (χ3v) is 3.54. The van der Waals surface area contributed by atoms with Gasteiger partial charge in [-0.2, -0.15) is 0 Å². The SMILES string of the molecule is COc1cccc(-c2cc(=O)[nH]c(Nc3ccc(C)c(F)c3)n2)c1. The van der Waals surface area contributed by atoms with Crippen LogP contribution in [0.3, 0.4) is 0 Å². The Hall–Kier alpha value is -3.15. The number of anilines is 2. The molecule has 0 aliphatic heterocycles. The maximum atomic E-state index is 13.6. The minimum atomic E-state index is -0.328. The predicted molar refractivity (Wildman–Crippen MR) is 91.3 cm³/mol. The van der Waals surface area contributed by atoms with Crippen molar-refractivity contribution in [3.63, 3.8) is 0 Å². The maximum Gasteiger partial charge on any atom is 0.252 e. The Balaban J connectivity index is 1.96. The summed E-state index contributed by atoms with van der Waals surface area (Å²) in [4.78, 5) is 18.9. The van der Waals surface area contributed by atoms with Gasteiger partial charge in [-0.05, 0) is 36.8 Å². The number of hydrogen-bond donors (Lipinski definition) is 2. The topological polar surface area (TPSA) is 67.0 Å². The van der Waals surface area contributed by atoms with E-state index in [4.69, 9.17) is 4.74 Å². The van der Waals surface area contributed by atoms with Crippen LogP contribution in [-0.4, -0.2) is 17.1 Å². The van der Waals surface area contributed by atoms with Gasteiger partial charge in [-0.1, -0.05) is 18.2 Å². The first kappa shape index (κ1) is 15.7. The number of halogens is 1. The maximum absolute atomic E-state index is 13.6. The lowest BCUT2D eigenvalue weighted by Crippen LogP contribution is -2.10. The lowest BCUT2D eigenvalue weighted by molar-refractivity contribution is 0.415. The number of hydrogen-bond acceptors (Lipinski definition) is 4. The molecule has 0 saturated carbocycles. The number of ether oxygens (including phenoxy) is 1. The van der Waals surface area contributed by atoms with Gasteiger partial charge in [-0.3, -0.25) is 9.78 Å². The zero-order valence-electron chi connectivity index (χ0n) is 13.3. The highest BCUT2D eigenvalue weighted by molar-refractivity contribution is 5.63. The fourth-order valence-corrected chi connectivity index (χ4v) is 2.25. The Bertz CT molecular complexity index is 938. The standard InChI is InChI=1S/C18H16FN3O2/c1-11-6-7-13(9-15(11)19)20-18-21-16(10-17(23)22-18)12-4-3-5-14(8-12)24-2/h3-10H,1-2H3,(H2,20,21,22,23). The van der Waals surface area contributed by atoms with E-state index >= 15 is 0 Å². The van der Waals surface area contributed by atoms with Crippen LogP contribution in [0.15, 0.2) is 53.3 Å². The highest BCUT2D eigenvalue weighted by Gasteiger charge is 2.07. The molecule has 0 spiro atoms. The fourth-order valence-electron chi connectivity index (χ4n) is 2.25. The van der Waals surface area contributed by atoms with Crippen molar-refractivity contribution in [3.05, 3.63) is 70.3 Å². The minimum Gasteiger partial charge on any atom is -0.497 e. The summed E-state index contributed by atoms with van der Waals surface area (Å²) >= 11 is 0. The second kappa shape index (κ2) is 6.54. The van der Waals surface area contributed by atoms with Gasteiger partial charge in [-0.25, -0.2) is 9.37 Å². The third kappa shape index (κ3) is 3.43. The number of H-pyrrole nitrogens is 1. The van der Waals surface area contributed by atoms with Crippen LogP contribution in [0.25, 0.3) is 11.3 Å². The molecule has 0 atom stereocenters. The number of aryl methyl sites for hydroxylation is 1. The molecule has 0 amide bonds. The van der Waals surface area contributed by atoms with Gasteiger partial charge in [0.2, 0.25) is 5.95 Å². The van der Waals surface area contributed by atoms with Crippen molar-refractivity contribution in [3.8, 4) is 17.0 Å². The van der Waals surface area contributed by atoms with Crippen molar-refractivity contribution in [2.24, 2.45) is 0 Å². The van der Waals surface area contributed by atoms with E-state index in [1.165, 1.54) is 12.1 Å². The first-order valence-electron chi connectivity index (χ1n) is 7.34. The monoisotopic (exact) mass is 325 g/mol. The van der Waals surface area contributed by atoms with Crippen LogP contribution >= 0.6 is 0 Å². The van der Waals surface area contributed by atoms with Crippen molar-refractivity contribution in [1.82, 2.24) is 9.97 Å². The second-order valence-electron chi connectivity index (χ2n) is 5.30. The Morgan fingerprint density at radius 1 is 1.17 bits per heavy atom. The Morgan fingerprint density at radius 2 is 2.00 bits per heavy atom. The summed E-state index contributed by atoms with van der Waals surface area (Å²) in [7, 11) is 1.57. The summed E-state index contributed by atoms with van der Waals surface area (Å²) < 4.78 is 18.8. The molecule has 122 valence electrons. The summed E-state index contributed by atoms with van der Waals surface area (Å²) in [6, 6.07) is 13.4. The Morgan fingerprint density at radius 3 is 2.75 bits per heavy atom. The van der Waals surface area contributed by atoms with E-state index in [0.29, 0.717) is 22.7 Å². The van der Waals surface area contributed by atoms with Crippen LogP contribution in [0, 0.1) is 12.7 Å². The highest BCUT2D eigenvalue weighted by Crippen LogP contribution is 2.23. The van der Waals surface area contributed by atoms with Crippen LogP contribution < -0.4 is 15.6 Å². The van der Waals surface area contributed by atoms with Gasteiger partial charge in [0.05, 0.1) is 12.8 Å². The largest absolute Gasteiger partial charge is 0.497 e. The van der Waals surface area contributed by atoms with Gasteiger partial charge in [0.15, 0.2) is 0 Å². The molecule has 2 aromatic carbocycles. The molecule has 5 nitrogen and oxygen atoms in total. The van der Waals surface area contributed by atoms with Crippen LogP contribution in [-0.2, 0) is 0 Å². The van der Waals surface area contributed by atoms with E-state index in [-0.39, 0.29) is 17.3 Å². The first-order chi connectivity index (χ1) is 11.5. The fraction of sp³-hybridized carbons (Fsp3) is 0.111. The average molecular weight is 325 g/mol. The van der Waals surface area contributed by atoms with Crippen LogP contribution in [0.1, 0.15) is 5.56 Å². The van der Waals surface area contributed by atoms with Crippen LogP contribution in [0.4, 0.5) is 16.0 Å². The zero-order valence-corrected chi connectivity index (χ0v) is 13.3. The van der Waals surface area contributed by atoms with Gasteiger partial charge in [0, 0.05) is 17.3 Å². The van der Waals surface area contributed by atoms with Gasteiger partial charge in [0.1, 0.15) is 11.6 Å². The van der Waals surface area contributed by atoms with Gasteiger partial charge >= 0.3 is 0 Å². The van der Waals surface area contributed by atoms with Gasteiger partial charge < -0.3 is 10.1 Å². The van der Waals surface area contributed by atoms with E-state index in [9.17, 15) is 9.18 Å². The predicted octanol–water partition coefficient (Wildman–Crippen LogP) is 3.64. The summed E-state index contributed by atoms with van der Waals surface area (Å²) in [6.45, 7) is 1.68. The average Bonchev–Trinajstić information content (AvgIpc) is 2.58. The molecule has 0 saturated heterocycles. The number of rotatable bonds is 4. The van der Waals surface area contributed by atoms with Gasteiger partial charge in [-0.15, -0.1) is 0 Å². The normalized spacial score (nSPS) is 10.5. The molecule has 2 N–H and O–H groups in total. The number of benzene rings is 2. The molecular weight excluding hydrogens is 309 g/mol. The molecule has 0 unspecified atom stereocenters. The molecule has 0 bridgehead atoms. The molecule has 0 aliphatic carbocycles. The van der Waals surface area contributed by atoms with Crippen molar-refractivity contribution in [2.45, 2.75) is 6.92 Å². The minimum absolute atomic E-state index is 0.239. The number of methoxy groups -OCH3 is 1. The smallest absolute Gasteiger partial charge is 0.252 e. The molecule has 0 radical (unpaired) electrons. The van der Waals surface area contributed by atoms with E-state index in [2.05, 4.69) is 15.3 Å². The lowest BCUT2D eigenvalue weighted by Gasteiger charge is -2.09. The lowest BCUT2D eigenvalue weighted by atomic mass is 10.1. The molecule has 3 rings (SSSR count). The quantitative estimate of drug-likeness (QED) is 0.768. The van der Waals surface area contributed by atoms with Crippen molar-refractivity contribution < 1.29 is 9.13 Å². The Kier molecular flexibility index (Phi) is 4.29. The first-order valence-corrected chi connectivity index (χ1v) is 7.34. The van der Waals surface area contributed by atoms with E-state index in [1.807, 2.05) is 18.2 Å². The van der Waals surface area contributed by atoms with Crippen molar-refractivity contribution >= 4 is 11.6 Å². The molecule has 1 heterocycles. The van der Waals surface area contributed by atoms with Crippen LogP contribution in [0.2, 0.25) is 0 Å². The highest BCUT2D eigenvalue weighted by atomic mass is 19.1. The summed E-state index contributed by atoms with van der Waals surface area (Å²) in [5, 5.41) is 2.91. The second-order valence-corrected chi connectivity index (χ2v) is 5.30. The molecular formula is C18H16FN3O2. The Labute approximate surface area is 138 Å². The summed E-state index contributed by atoms with van der Waals surface area (Å²) in [6.07, 6.45) is 0.